The highest BCUT2D eigenvalue weighted by atomic mass is 16.2. The molecule has 7 nitrogen and oxygen atoms in total. The zero-order chi connectivity index (χ0) is 19.7. The van der Waals surface area contributed by atoms with Gasteiger partial charge in [0.05, 0.1) is 0 Å². The molecule has 0 spiro atoms. The Morgan fingerprint density at radius 2 is 1.93 bits per heavy atom. The zero-order valence-electron chi connectivity index (χ0n) is 16.2. The van der Waals surface area contributed by atoms with E-state index in [2.05, 4.69) is 10.2 Å². The minimum absolute atomic E-state index is 0.0979. The largest absolute Gasteiger partial charge is 0.329 e. The van der Waals surface area contributed by atoms with Crippen molar-refractivity contribution in [3.63, 3.8) is 0 Å². The summed E-state index contributed by atoms with van der Waals surface area (Å²) in [6, 6.07) is 5.93. The smallest absolute Gasteiger partial charge is 0.255 e. The van der Waals surface area contributed by atoms with Crippen LogP contribution in [0.25, 0.3) is 0 Å². The molecule has 7 heteroatoms. The fourth-order valence-electron chi connectivity index (χ4n) is 4.87. The lowest BCUT2D eigenvalue weighted by Crippen LogP contribution is -2.52. The summed E-state index contributed by atoms with van der Waals surface area (Å²) in [6.07, 6.45) is 5.54. The lowest BCUT2D eigenvalue weighted by molar-refractivity contribution is -0.136. The van der Waals surface area contributed by atoms with Crippen molar-refractivity contribution < 1.29 is 14.4 Å². The minimum Gasteiger partial charge on any atom is -0.329 e. The van der Waals surface area contributed by atoms with Crippen molar-refractivity contribution in [1.29, 1.82) is 0 Å². The highest BCUT2D eigenvalue weighted by molar-refractivity contribution is 6.05. The number of nitrogens with one attached hydrogen (secondary N) is 1. The van der Waals surface area contributed by atoms with Gasteiger partial charge in [-0.05, 0) is 30.4 Å². The number of imide groups is 1. The summed E-state index contributed by atoms with van der Waals surface area (Å²) in [5, 5.41) is 2.36. The number of amides is 3. The van der Waals surface area contributed by atoms with Crippen molar-refractivity contribution in [2.45, 2.75) is 63.7 Å². The monoisotopic (exact) mass is 384 g/mol. The van der Waals surface area contributed by atoms with E-state index in [9.17, 15) is 14.4 Å². The first-order valence-corrected chi connectivity index (χ1v) is 10.3. The van der Waals surface area contributed by atoms with E-state index < -0.39 is 6.04 Å². The van der Waals surface area contributed by atoms with Crippen molar-refractivity contribution in [2.75, 3.05) is 13.1 Å². The Morgan fingerprint density at radius 3 is 2.64 bits per heavy atom. The number of hydrogen-bond donors (Lipinski definition) is 2. The highest BCUT2D eigenvalue weighted by Crippen LogP contribution is 2.32. The number of benzene rings is 1. The molecule has 3 aliphatic rings. The molecule has 1 aromatic rings. The van der Waals surface area contributed by atoms with Crippen LogP contribution in [-0.4, -0.2) is 52.7 Å². The summed E-state index contributed by atoms with van der Waals surface area (Å²) >= 11 is 0. The maximum atomic E-state index is 13.2. The minimum atomic E-state index is -0.569. The Bertz CT molecular complexity index is 788. The van der Waals surface area contributed by atoms with E-state index in [1.54, 1.807) is 4.90 Å². The molecule has 0 radical (unpaired) electrons. The van der Waals surface area contributed by atoms with Crippen LogP contribution in [0, 0.1) is 0 Å². The molecule has 3 amide bonds. The van der Waals surface area contributed by atoms with Gasteiger partial charge in [-0.2, -0.15) is 0 Å². The zero-order valence-corrected chi connectivity index (χ0v) is 16.2. The molecule has 1 saturated heterocycles. The van der Waals surface area contributed by atoms with Crippen LogP contribution in [0.5, 0.6) is 0 Å². The van der Waals surface area contributed by atoms with Gasteiger partial charge >= 0.3 is 0 Å². The molecule has 2 fully saturated rings. The number of fused-ring (bicyclic) bond motifs is 1. The highest BCUT2D eigenvalue weighted by Gasteiger charge is 2.40. The lowest BCUT2D eigenvalue weighted by atomic mass is 10.0. The summed E-state index contributed by atoms with van der Waals surface area (Å²) in [5.41, 5.74) is 8.55. The first-order valence-electron chi connectivity index (χ1n) is 10.3. The van der Waals surface area contributed by atoms with Crippen LogP contribution < -0.4 is 11.1 Å². The van der Waals surface area contributed by atoms with Crippen LogP contribution in [-0.2, 0) is 22.7 Å². The number of rotatable bonds is 6. The molecule has 4 rings (SSSR count). The molecule has 1 aliphatic carbocycles. The third-order valence-electron chi connectivity index (χ3n) is 6.27. The van der Waals surface area contributed by atoms with Crippen LogP contribution in [0.4, 0.5) is 0 Å². The van der Waals surface area contributed by atoms with E-state index >= 15 is 0 Å². The number of carbonyl (C=O) groups is 3. The Balaban J connectivity index is 1.56. The van der Waals surface area contributed by atoms with Gasteiger partial charge < -0.3 is 10.6 Å². The van der Waals surface area contributed by atoms with Crippen molar-refractivity contribution in [2.24, 2.45) is 5.73 Å². The predicted octanol–water partition coefficient (Wildman–Crippen LogP) is 1.15. The van der Waals surface area contributed by atoms with Crippen LogP contribution in [0.2, 0.25) is 0 Å². The predicted molar refractivity (Wildman–Crippen MR) is 104 cm³/mol. The van der Waals surface area contributed by atoms with E-state index in [4.69, 9.17) is 5.73 Å². The second-order valence-electron chi connectivity index (χ2n) is 8.05. The average Bonchev–Trinajstić information content (AvgIpc) is 3.31. The second kappa shape index (κ2) is 8.01. The van der Waals surface area contributed by atoms with Gasteiger partial charge in [-0.1, -0.05) is 31.0 Å². The van der Waals surface area contributed by atoms with Crippen molar-refractivity contribution in [3.8, 4) is 0 Å². The van der Waals surface area contributed by atoms with Crippen LogP contribution in [0.1, 0.15) is 60.0 Å². The van der Waals surface area contributed by atoms with E-state index in [0.717, 1.165) is 23.2 Å². The Kier molecular flexibility index (Phi) is 5.46. The normalized spacial score (nSPS) is 22.9. The maximum absolute atomic E-state index is 13.2. The van der Waals surface area contributed by atoms with Crippen molar-refractivity contribution in [1.82, 2.24) is 15.1 Å². The fraction of sp³-hybridized carbons (Fsp3) is 0.571. The number of carbonyl (C=O) groups excluding carboxylic acids is 3. The number of nitrogens with zero attached hydrogens (tertiary/aromatic N) is 2. The summed E-state index contributed by atoms with van der Waals surface area (Å²) in [4.78, 5) is 41.0. The first kappa shape index (κ1) is 19.1. The van der Waals surface area contributed by atoms with Gasteiger partial charge in [-0.3, -0.25) is 24.6 Å². The number of hydrogen-bond acceptors (Lipinski definition) is 5. The van der Waals surface area contributed by atoms with Crippen LogP contribution in [0.3, 0.4) is 0 Å². The molecule has 1 atom stereocenters. The summed E-state index contributed by atoms with van der Waals surface area (Å²) in [6.45, 7) is 2.55. The van der Waals surface area contributed by atoms with Gasteiger partial charge in [-0.15, -0.1) is 0 Å². The molecule has 1 saturated carbocycles. The van der Waals surface area contributed by atoms with Gasteiger partial charge in [0.2, 0.25) is 11.8 Å². The lowest BCUT2D eigenvalue weighted by Gasteiger charge is -2.30. The third-order valence-corrected chi connectivity index (χ3v) is 6.27. The number of piperidine rings is 1. The topological polar surface area (TPSA) is 95.7 Å². The molecule has 28 heavy (non-hydrogen) atoms. The van der Waals surface area contributed by atoms with Gasteiger partial charge in [0, 0.05) is 44.2 Å². The van der Waals surface area contributed by atoms with Gasteiger partial charge in [0.25, 0.3) is 5.91 Å². The maximum Gasteiger partial charge on any atom is 0.255 e. The molecular formula is C21H28N4O3. The van der Waals surface area contributed by atoms with Crippen LogP contribution in [0.15, 0.2) is 18.2 Å². The third kappa shape index (κ3) is 3.56. The second-order valence-corrected chi connectivity index (χ2v) is 8.05. The molecule has 1 aromatic carbocycles. The SMILES string of the molecule is NCCN(Cc1cccc2c1C(=O)N(C1CCC(=O)NC1=O)C2)C1CCCC1. The molecule has 150 valence electrons. The summed E-state index contributed by atoms with van der Waals surface area (Å²) in [7, 11) is 0. The average molecular weight is 384 g/mol. The molecule has 0 bridgehead atoms. The fourth-order valence-corrected chi connectivity index (χ4v) is 4.87. The van der Waals surface area contributed by atoms with E-state index in [-0.39, 0.29) is 24.1 Å². The summed E-state index contributed by atoms with van der Waals surface area (Å²) < 4.78 is 0. The van der Waals surface area contributed by atoms with Crippen LogP contribution >= 0.6 is 0 Å². The molecule has 1 unspecified atom stereocenters. The van der Waals surface area contributed by atoms with E-state index in [1.807, 2.05) is 18.2 Å². The Labute approximate surface area is 165 Å². The van der Waals surface area contributed by atoms with Crippen molar-refractivity contribution in [3.05, 3.63) is 34.9 Å². The Hall–Kier alpha value is -2.25. The van der Waals surface area contributed by atoms with E-state index in [0.29, 0.717) is 32.1 Å². The molecule has 3 N–H and O–H groups in total. The van der Waals surface area contributed by atoms with Gasteiger partial charge in [0.1, 0.15) is 6.04 Å². The van der Waals surface area contributed by atoms with Gasteiger partial charge in [-0.25, -0.2) is 0 Å². The molecule has 0 aromatic heterocycles. The summed E-state index contributed by atoms with van der Waals surface area (Å²) in [5.74, 6) is -0.728. The quantitative estimate of drug-likeness (QED) is 0.718. The van der Waals surface area contributed by atoms with Crippen molar-refractivity contribution >= 4 is 17.7 Å². The first-order chi connectivity index (χ1) is 13.6. The van der Waals surface area contributed by atoms with Gasteiger partial charge in [0.15, 0.2) is 0 Å². The standard InChI is InChI=1S/C21H28N4O3/c22-10-11-24(16-6-1-2-7-16)12-14-4-3-5-15-13-25(21(28)19(14)15)17-8-9-18(26)23-20(17)27/h3-5,16-17H,1-2,6-13,22H2,(H,23,26,27). The molecular weight excluding hydrogens is 356 g/mol. The molecule has 2 heterocycles. The van der Waals surface area contributed by atoms with E-state index in [1.165, 1.54) is 25.7 Å². The number of nitrogens with two attached hydrogens (primary N) is 1. The Morgan fingerprint density at radius 1 is 1.14 bits per heavy atom. The molecule has 2 aliphatic heterocycles.